The third kappa shape index (κ3) is 3.86. The van der Waals surface area contributed by atoms with Crippen LogP contribution in [0.15, 0.2) is 24.3 Å². The summed E-state index contributed by atoms with van der Waals surface area (Å²) in [6, 6.07) is 5.25. The molecular formula is C11H13F3O4. The first-order chi connectivity index (χ1) is 8.39. The van der Waals surface area contributed by atoms with E-state index in [1.165, 1.54) is 32.4 Å². The van der Waals surface area contributed by atoms with Crippen molar-refractivity contribution in [2.45, 2.75) is 18.8 Å². The molecule has 1 atom stereocenters. The van der Waals surface area contributed by atoms with Crippen LogP contribution in [-0.2, 0) is 9.47 Å². The van der Waals surface area contributed by atoms with Gasteiger partial charge in [-0.15, -0.1) is 13.2 Å². The van der Waals surface area contributed by atoms with Crippen LogP contribution in [0.4, 0.5) is 13.2 Å². The number of hydrogen-bond acceptors (Lipinski definition) is 4. The molecule has 1 N–H and O–H groups in total. The fourth-order valence-corrected chi connectivity index (χ4v) is 1.44. The largest absolute Gasteiger partial charge is 0.573 e. The Balaban J connectivity index is 3.01. The SMILES string of the molecule is COC(OC)C(O)c1ccccc1OC(F)(F)F. The molecule has 1 aromatic carbocycles. The summed E-state index contributed by atoms with van der Waals surface area (Å²) in [5.74, 6) is -0.489. The maximum absolute atomic E-state index is 12.2. The molecule has 0 fully saturated rings. The van der Waals surface area contributed by atoms with Crippen molar-refractivity contribution in [3.63, 3.8) is 0 Å². The Morgan fingerprint density at radius 1 is 1.11 bits per heavy atom. The third-order valence-electron chi connectivity index (χ3n) is 2.19. The molecule has 4 nitrogen and oxygen atoms in total. The van der Waals surface area contributed by atoms with Crippen molar-refractivity contribution in [1.82, 2.24) is 0 Å². The molecule has 1 rings (SSSR count). The van der Waals surface area contributed by atoms with E-state index in [0.717, 1.165) is 6.07 Å². The minimum Gasteiger partial charge on any atom is -0.405 e. The fourth-order valence-electron chi connectivity index (χ4n) is 1.44. The molecule has 1 aromatic rings. The molecule has 0 aliphatic heterocycles. The van der Waals surface area contributed by atoms with Gasteiger partial charge in [0.25, 0.3) is 0 Å². The number of rotatable bonds is 5. The van der Waals surface area contributed by atoms with Crippen molar-refractivity contribution in [2.75, 3.05) is 14.2 Å². The van der Waals surface area contributed by atoms with E-state index in [0.29, 0.717) is 0 Å². The Bertz CT molecular complexity index is 377. The van der Waals surface area contributed by atoms with Gasteiger partial charge in [-0.3, -0.25) is 0 Å². The number of aliphatic hydroxyl groups excluding tert-OH is 1. The molecule has 1 unspecified atom stereocenters. The zero-order valence-corrected chi connectivity index (χ0v) is 9.77. The first kappa shape index (κ1) is 14.7. The highest BCUT2D eigenvalue weighted by molar-refractivity contribution is 5.35. The van der Waals surface area contributed by atoms with Gasteiger partial charge in [0, 0.05) is 19.8 Å². The van der Waals surface area contributed by atoms with Gasteiger partial charge in [-0.25, -0.2) is 0 Å². The average molecular weight is 266 g/mol. The first-order valence-corrected chi connectivity index (χ1v) is 4.97. The summed E-state index contributed by atoms with van der Waals surface area (Å²) in [6.45, 7) is 0. The summed E-state index contributed by atoms with van der Waals surface area (Å²) >= 11 is 0. The first-order valence-electron chi connectivity index (χ1n) is 4.97. The third-order valence-corrected chi connectivity index (χ3v) is 2.19. The predicted molar refractivity (Wildman–Crippen MR) is 55.9 cm³/mol. The summed E-state index contributed by atoms with van der Waals surface area (Å²) in [7, 11) is 2.54. The Kier molecular flexibility index (Phi) is 4.94. The van der Waals surface area contributed by atoms with Crippen molar-refractivity contribution in [3.8, 4) is 5.75 Å². The predicted octanol–water partition coefficient (Wildman–Crippen LogP) is 2.24. The van der Waals surface area contributed by atoms with Gasteiger partial charge in [-0.1, -0.05) is 18.2 Å². The van der Waals surface area contributed by atoms with Gasteiger partial charge in [-0.05, 0) is 6.07 Å². The number of hydrogen-bond donors (Lipinski definition) is 1. The van der Waals surface area contributed by atoms with E-state index in [-0.39, 0.29) is 5.56 Å². The van der Waals surface area contributed by atoms with Gasteiger partial charge in [0.15, 0.2) is 6.29 Å². The number of benzene rings is 1. The lowest BCUT2D eigenvalue weighted by Crippen LogP contribution is -2.25. The van der Waals surface area contributed by atoms with Crippen LogP contribution in [0.2, 0.25) is 0 Å². The van der Waals surface area contributed by atoms with Gasteiger partial charge in [0.05, 0.1) is 0 Å². The number of alkyl halides is 3. The molecule has 0 radical (unpaired) electrons. The van der Waals surface area contributed by atoms with E-state index in [9.17, 15) is 18.3 Å². The van der Waals surface area contributed by atoms with E-state index < -0.39 is 24.5 Å². The second-order valence-electron chi connectivity index (χ2n) is 3.37. The van der Waals surface area contributed by atoms with Crippen LogP contribution in [0.3, 0.4) is 0 Å². The molecule has 7 heteroatoms. The fraction of sp³-hybridized carbons (Fsp3) is 0.455. The highest BCUT2D eigenvalue weighted by atomic mass is 19.4. The molecule has 0 aliphatic rings. The second kappa shape index (κ2) is 6.03. The lowest BCUT2D eigenvalue weighted by atomic mass is 10.1. The van der Waals surface area contributed by atoms with E-state index in [1.807, 2.05) is 0 Å². The summed E-state index contributed by atoms with van der Waals surface area (Å²) in [5, 5.41) is 9.86. The van der Waals surface area contributed by atoms with Gasteiger partial charge in [-0.2, -0.15) is 0 Å². The zero-order chi connectivity index (χ0) is 13.8. The van der Waals surface area contributed by atoms with Crippen LogP contribution in [-0.4, -0.2) is 32.0 Å². The molecule has 0 amide bonds. The number of methoxy groups -OCH3 is 2. The minimum atomic E-state index is -4.83. The number of halogens is 3. The van der Waals surface area contributed by atoms with Crippen molar-refractivity contribution < 1.29 is 32.5 Å². The molecular weight excluding hydrogens is 253 g/mol. The molecule has 0 saturated carbocycles. The monoisotopic (exact) mass is 266 g/mol. The van der Waals surface area contributed by atoms with Gasteiger partial charge in [0.1, 0.15) is 11.9 Å². The van der Waals surface area contributed by atoms with Crippen LogP contribution in [0, 0.1) is 0 Å². The molecule has 102 valence electrons. The van der Waals surface area contributed by atoms with Crippen molar-refractivity contribution >= 4 is 0 Å². The molecule has 18 heavy (non-hydrogen) atoms. The van der Waals surface area contributed by atoms with E-state index >= 15 is 0 Å². The van der Waals surface area contributed by atoms with E-state index in [4.69, 9.17) is 9.47 Å². The van der Waals surface area contributed by atoms with Crippen LogP contribution in [0.25, 0.3) is 0 Å². The van der Waals surface area contributed by atoms with Crippen molar-refractivity contribution in [2.24, 2.45) is 0 Å². The van der Waals surface area contributed by atoms with Gasteiger partial charge < -0.3 is 19.3 Å². The van der Waals surface area contributed by atoms with Crippen LogP contribution < -0.4 is 4.74 Å². The second-order valence-corrected chi connectivity index (χ2v) is 3.37. The summed E-state index contributed by atoms with van der Waals surface area (Å²) in [6.07, 6.45) is -7.30. The summed E-state index contributed by atoms with van der Waals surface area (Å²) < 4.78 is 50.0. The highest BCUT2D eigenvalue weighted by Gasteiger charge is 2.33. The Labute approximate surface area is 102 Å². The van der Waals surface area contributed by atoms with Crippen LogP contribution >= 0.6 is 0 Å². The summed E-state index contributed by atoms with van der Waals surface area (Å²) in [5.41, 5.74) is -0.0662. The van der Waals surface area contributed by atoms with Crippen molar-refractivity contribution in [3.05, 3.63) is 29.8 Å². The lowest BCUT2D eigenvalue weighted by molar-refractivity contribution is -0.275. The molecule has 0 aromatic heterocycles. The van der Waals surface area contributed by atoms with Gasteiger partial charge in [0.2, 0.25) is 0 Å². The summed E-state index contributed by atoms with van der Waals surface area (Å²) in [4.78, 5) is 0. The quantitative estimate of drug-likeness (QED) is 0.830. The number of ether oxygens (including phenoxy) is 3. The molecule has 0 aliphatic carbocycles. The smallest absolute Gasteiger partial charge is 0.405 e. The maximum Gasteiger partial charge on any atom is 0.573 e. The number of aliphatic hydroxyl groups is 1. The normalized spacial score (nSPS) is 13.7. The van der Waals surface area contributed by atoms with Crippen LogP contribution in [0.1, 0.15) is 11.7 Å². The maximum atomic E-state index is 12.2. The minimum absolute atomic E-state index is 0.0662. The molecule has 0 spiro atoms. The zero-order valence-electron chi connectivity index (χ0n) is 9.77. The van der Waals surface area contributed by atoms with E-state index in [2.05, 4.69) is 4.74 Å². The van der Waals surface area contributed by atoms with Crippen molar-refractivity contribution in [1.29, 1.82) is 0 Å². The Morgan fingerprint density at radius 3 is 2.17 bits per heavy atom. The molecule has 0 bridgehead atoms. The highest BCUT2D eigenvalue weighted by Crippen LogP contribution is 2.32. The lowest BCUT2D eigenvalue weighted by Gasteiger charge is -2.22. The number of para-hydroxylation sites is 1. The Hall–Kier alpha value is -1.31. The van der Waals surface area contributed by atoms with Gasteiger partial charge >= 0.3 is 6.36 Å². The van der Waals surface area contributed by atoms with E-state index in [1.54, 1.807) is 0 Å². The topological polar surface area (TPSA) is 47.9 Å². The Morgan fingerprint density at radius 2 is 1.67 bits per heavy atom. The molecule has 0 heterocycles. The standard InChI is InChI=1S/C11H13F3O4/c1-16-10(17-2)9(15)7-5-3-4-6-8(7)18-11(12,13)14/h3-6,9-10,15H,1-2H3. The molecule has 0 saturated heterocycles. The van der Waals surface area contributed by atoms with Crippen LogP contribution in [0.5, 0.6) is 5.75 Å². The average Bonchev–Trinajstić information content (AvgIpc) is 2.29.